The van der Waals surface area contributed by atoms with Crippen molar-refractivity contribution in [1.29, 1.82) is 0 Å². The summed E-state index contributed by atoms with van der Waals surface area (Å²) < 4.78 is 2.36. The van der Waals surface area contributed by atoms with Crippen LogP contribution in [0.2, 0.25) is 0 Å². The van der Waals surface area contributed by atoms with Gasteiger partial charge in [0.1, 0.15) is 0 Å². The van der Waals surface area contributed by atoms with E-state index in [2.05, 4.69) is 131 Å². The molecule has 0 unspecified atom stereocenters. The number of hydrogen-bond acceptors (Lipinski definition) is 2. The molecule has 0 amide bonds. The molecule has 0 spiro atoms. The molecule has 0 aliphatic carbocycles. The number of rotatable bonds is 6. The lowest BCUT2D eigenvalue weighted by atomic mass is 9.98. The van der Waals surface area contributed by atoms with Crippen molar-refractivity contribution in [2.45, 2.75) is 0 Å². The molecule has 0 saturated heterocycles. The molecule has 0 aliphatic heterocycles. The highest BCUT2D eigenvalue weighted by Crippen LogP contribution is 2.40. The van der Waals surface area contributed by atoms with E-state index in [1.807, 2.05) is 72.8 Å². The van der Waals surface area contributed by atoms with E-state index in [9.17, 15) is 0 Å². The minimum atomic E-state index is 0.601. The van der Waals surface area contributed by atoms with Crippen molar-refractivity contribution in [3.8, 4) is 61.8 Å². The number of nitrogens with zero attached hydrogens (tertiary/aromatic N) is 4. The molecule has 0 saturated carbocycles. The number of benzene rings is 8. The van der Waals surface area contributed by atoms with E-state index in [1.165, 1.54) is 27.1 Å². The summed E-state index contributed by atoms with van der Waals surface area (Å²) in [5, 5.41) is 4.79. The Kier molecular flexibility index (Phi) is 7.83. The monoisotopic (exact) mass is 700 g/mol. The second-order valence-electron chi connectivity index (χ2n) is 13.7. The third-order valence-corrected chi connectivity index (χ3v) is 10.4. The van der Waals surface area contributed by atoms with Gasteiger partial charge in [-0.1, -0.05) is 152 Å². The second kappa shape index (κ2) is 13.4. The number of aromatic nitrogens is 3. The Morgan fingerprint density at radius 1 is 0.400 bits per heavy atom. The Morgan fingerprint density at radius 2 is 1.02 bits per heavy atom. The Hall–Kier alpha value is -7.61. The van der Waals surface area contributed by atoms with Crippen molar-refractivity contribution in [2.24, 2.45) is 0 Å². The number of fused-ring (bicyclic) bond motifs is 4. The third kappa shape index (κ3) is 5.81. The van der Waals surface area contributed by atoms with Crippen molar-refractivity contribution >= 4 is 38.3 Å². The number of hydrogen-bond donors (Lipinski definition) is 0. The van der Waals surface area contributed by atoms with Crippen LogP contribution in [0.4, 0.5) is 5.69 Å². The second-order valence-corrected chi connectivity index (χ2v) is 13.7. The first-order valence-corrected chi connectivity index (χ1v) is 18.4. The summed E-state index contributed by atoms with van der Waals surface area (Å²) in [6.45, 7) is 8.06. The lowest BCUT2D eigenvalue weighted by Gasteiger charge is -2.16. The Bertz CT molecular complexity index is 3040. The Morgan fingerprint density at radius 3 is 1.84 bits per heavy atom. The highest BCUT2D eigenvalue weighted by atomic mass is 15.0. The van der Waals surface area contributed by atoms with Gasteiger partial charge in [0, 0.05) is 33.2 Å². The van der Waals surface area contributed by atoms with Crippen LogP contribution in [0, 0.1) is 6.57 Å². The summed E-state index contributed by atoms with van der Waals surface area (Å²) >= 11 is 0. The molecular formula is C51H32N4. The van der Waals surface area contributed by atoms with Crippen LogP contribution in [0.1, 0.15) is 0 Å². The summed E-state index contributed by atoms with van der Waals surface area (Å²) in [5.41, 5.74) is 12.5. The van der Waals surface area contributed by atoms with E-state index >= 15 is 0 Å². The maximum Gasteiger partial charge on any atom is 0.194 e. The van der Waals surface area contributed by atoms with Crippen molar-refractivity contribution in [3.63, 3.8) is 0 Å². The Balaban J connectivity index is 1.25. The fraction of sp³-hybridized carbons (Fsp3) is 0. The summed E-state index contributed by atoms with van der Waals surface area (Å²) in [5.74, 6) is 0.655. The SMILES string of the molecule is [C-]#[N+]c1ccccc1-c1cc(-c2cc(-c3ccccc3)nc(-c3ccccc3)n2)cc(-n2c3ccccc3c3ccc(-c4ccc5ccccc5c4)cc32)c1. The summed E-state index contributed by atoms with van der Waals surface area (Å²) in [4.78, 5) is 14.2. The van der Waals surface area contributed by atoms with E-state index in [-0.39, 0.29) is 0 Å². The number of para-hydroxylation sites is 2. The van der Waals surface area contributed by atoms with E-state index in [0.29, 0.717) is 11.5 Å². The molecular weight excluding hydrogens is 669 g/mol. The minimum Gasteiger partial charge on any atom is -0.309 e. The quantitative estimate of drug-likeness (QED) is 0.162. The average molecular weight is 701 g/mol. The molecule has 0 aliphatic rings. The normalized spacial score (nSPS) is 11.3. The van der Waals surface area contributed by atoms with Gasteiger partial charge >= 0.3 is 0 Å². The van der Waals surface area contributed by atoms with Crippen LogP contribution in [0.3, 0.4) is 0 Å². The van der Waals surface area contributed by atoms with Crippen molar-refractivity contribution < 1.29 is 0 Å². The molecule has 2 heterocycles. The van der Waals surface area contributed by atoms with Crippen molar-refractivity contribution in [1.82, 2.24) is 14.5 Å². The van der Waals surface area contributed by atoms with Gasteiger partial charge in [-0.25, -0.2) is 14.8 Å². The van der Waals surface area contributed by atoms with Crippen LogP contribution < -0.4 is 0 Å². The summed E-state index contributed by atoms with van der Waals surface area (Å²) in [7, 11) is 0. The highest BCUT2D eigenvalue weighted by Gasteiger charge is 2.18. The molecule has 0 atom stereocenters. The van der Waals surface area contributed by atoms with Gasteiger partial charge in [0.2, 0.25) is 0 Å². The van der Waals surface area contributed by atoms with Crippen LogP contribution in [-0.2, 0) is 0 Å². The topological polar surface area (TPSA) is 35.1 Å². The van der Waals surface area contributed by atoms with Crippen LogP contribution in [0.15, 0.2) is 194 Å². The lowest BCUT2D eigenvalue weighted by molar-refractivity contribution is 1.16. The van der Waals surface area contributed by atoms with Gasteiger partial charge in [-0.2, -0.15) is 0 Å². The first kappa shape index (κ1) is 32.1. The van der Waals surface area contributed by atoms with Gasteiger partial charge in [-0.3, -0.25) is 0 Å². The van der Waals surface area contributed by atoms with E-state index in [4.69, 9.17) is 16.5 Å². The zero-order valence-corrected chi connectivity index (χ0v) is 29.8. The summed E-state index contributed by atoms with van der Waals surface area (Å²) in [6, 6.07) is 67.5. The molecule has 10 aromatic rings. The zero-order valence-electron chi connectivity index (χ0n) is 29.8. The molecule has 0 fully saturated rings. The van der Waals surface area contributed by atoms with Crippen LogP contribution in [0.25, 0.3) is 99.3 Å². The van der Waals surface area contributed by atoms with Crippen molar-refractivity contribution in [3.05, 3.63) is 206 Å². The standard InChI is InChI=1S/C51H32N4/c1-52-46-22-12-10-20-43(46)40-29-41(48-33-47(35-15-4-2-5-16-35)53-51(54-48)36-17-6-3-7-18-36)31-42(30-40)55-49-23-13-11-21-44(49)45-27-26-39(32-50(45)55)38-25-24-34-14-8-9-19-37(34)28-38/h2-33H. The van der Waals surface area contributed by atoms with Crippen molar-refractivity contribution in [2.75, 3.05) is 0 Å². The van der Waals surface area contributed by atoms with Gasteiger partial charge in [0.25, 0.3) is 0 Å². The van der Waals surface area contributed by atoms with Crippen LogP contribution in [-0.4, -0.2) is 14.5 Å². The fourth-order valence-electron chi connectivity index (χ4n) is 7.72. The van der Waals surface area contributed by atoms with E-state index in [0.717, 1.165) is 61.5 Å². The molecule has 10 rings (SSSR count). The van der Waals surface area contributed by atoms with Crippen LogP contribution in [0.5, 0.6) is 0 Å². The molecule has 2 aromatic heterocycles. The predicted octanol–water partition coefficient (Wildman–Crippen LogP) is 13.6. The smallest absolute Gasteiger partial charge is 0.194 e. The first-order chi connectivity index (χ1) is 27.2. The maximum atomic E-state index is 8.06. The van der Waals surface area contributed by atoms with E-state index in [1.54, 1.807) is 0 Å². The molecule has 4 heteroatoms. The maximum absolute atomic E-state index is 8.06. The molecule has 55 heavy (non-hydrogen) atoms. The van der Waals surface area contributed by atoms with Crippen LogP contribution >= 0.6 is 0 Å². The molecule has 0 radical (unpaired) electrons. The van der Waals surface area contributed by atoms with Gasteiger partial charge in [-0.05, 0) is 75.5 Å². The molecule has 8 aromatic carbocycles. The largest absolute Gasteiger partial charge is 0.309 e. The van der Waals surface area contributed by atoms with Gasteiger partial charge in [0.15, 0.2) is 11.5 Å². The van der Waals surface area contributed by atoms with Gasteiger partial charge in [-0.15, -0.1) is 0 Å². The first-order valence-electron chi connectivity index (χ1n) is 18.4. The molecule has 0 bridgehead atoms. The third-order valence-electron chi connectivity index (χ3n) is 10.4. The average Bonchev–Trinajstić information content (AvgIpc) is 3.60. The predicted molar refractivity (Wildman–Crippen MR) is 227 cm³/mol. The lowest BCUT2D eigenvalue weighted by Crippen LogP contribution is -1.99. The molecule has 4 nitrogen and oxygen atoms in total. The zero-order chi connectivity index (χ0) is 36.7. The Labute approximate surface area is 319 Å². The van der Waals surface area contributed by atoms with Gasteiger partial charge in [0.05, 0.1) is 29.0 Å². The van der Waals surface area contributed by atoms with Gasteiger partial charge < -0.3 is 4.57 Å². The fourth-order valence-corrected chi connectivity index (χ4v) is 7.72. The van der Waals surface area contributed by atoms with E-state index < -0.39 is 0 Å². The highest BCUT2D eigenvalue weighted by molar-refractivity contribution is 6.10. The minimum absolute atomic E-state index is 0.601. The molecule has 0 N–H and O–H groups in total. The molecule has 256 valence electrons. The summed E-state index contributed by atoms with van der Waals surface area (Å²) in [6.07, 6.45) is 0.